The van der Waals surface area contributed by atoms with E-state index in [1.165, 1.54) is 4.90 Å². The van der Waals surface area contributed by atoms with Crippen LogP contribution in [0.4, 0.5) is 18.0 Å². The van der Waals surface area contributed by atoms with Crippen LogP contribution in [0.15, 0.2) is 0 Å². The third kappa shape index (κ3) is 2.76. The molecule has 4 nitrogen and oxygen atoms in total. The average Bonchev–Trinajstić information content (AvgIpc) is 2.78. The van der Waals surface area contributed by atoms with E-state index in [-0.39, 0.29) is 11.2 Å². The van der Waals surface area contributed by atoms with Gasteiger partial charge in [0.2, 0.25) is 0 Å². The second-order valence-electron chi connectivity index (χ2n) is 6.71. The summed E-state index contributed by atoms with van der Waals surface area (Å²) in [6, 6.07) is 0. The van der Waals surface area contributed by atoms with Crippen molar-refractivity contribution in [2.24, 2.45) is 0 Å². The lowest BCUT2D eigenvalue weighted by atomic mass is 9.98. The zero-order chi connectivity index (χ0) is 16.3. The van der Waals surface area contributed by atoms with Crippen LogP contribution in [0.5, 0.6) is 0 Å². The number of ether oxygens (including phenoxy) is 2. The molecular weight excluding hydrogens is 355 g/mol. The van der Waals surface area contributed by atoms with E-state index in [1.54, 1.807) is 20.8 Å². The fourth-order valence-corrected chi connectivity index (χ4v) is 3.75. The molecule has 1 aliphatic heterocycles. The number of carbonyl (C=O) groups is 1. The van der Waals surface area contributed by atoms with Gasteiger partial charge < -0.3 is 9.47 Å². The fraction of sp³-hybridized carbons (Fsp3) is 0.923. The monoisotopic (exact) mass is 373 g/mol. The first kappa shape index (κ1) is 16.9. The molecule has 1 aliphatic carbocycles. The number of halogens is 4. The van der Waals surface area contributed by atoms with Crippen molar-refractivity contribution in [3.8, 4) is 0 Å². The second-order valence-corrected chi connectivity index (χ2v) is 7.82. The molecule has 0 radical (unpaired) electrons. The van der Waals surface area contributed by atoms with Crippen LogP contribution < -0.4 is 0 Å². The molecule has 1 amide bonds. The Bertz CT molecular complexity index is 451. The number of rotatable bonds is 1. The first-order valence-corrected chi connectivity index (χ1v) is 7.55. The van der Waals surface area contributed by atoms with E-state index < -0.39 is 35.6 Å². The van der Waals surface area contributed by atoms with Crippen LogP contribution in [0.1, 0.15) is 33.6 Å². The molecular formula is C13H19BrF3NO3. The minimum Gasteiger partial charge on any atom is -0.444 e. The van der Waals surface area contributed by atoms with Crippen molar-refractivity contribution in [1.29, 1.82) is 0 Å². The Morgan fingerprint density at radius 2 is 1.86 bits per heavy atom. The topological polar surface area (TPSA) is 38.8 Å². The molecule has 0 aromatic rings. The van der Waals surface area contributed by atoms with E-state index in [4.69, 9.17) is 9.47 Å². The third-order valence-corrected chi connectivity index (χ3v) is 5.20. The zero-order valence-electron chi connectivity index (χ0n) is 12.4. The lowest BCUT2D eigenvalue weighted by Crippen LogP contribution is -2.50. The summed E-state index contributed by atoms with van der Waals surface area (Å²) in [5.41, 5.74) is -3.95. The molecule has 1 spiro atoms. The predicted octanol–water partition coefficient (Wildman–Crippen LogP) is 3.48. The summed E-state index contributed by atoms with van der Waals surface area (Å²) in [7, 11) is 1.03. The number of carbonyl (C=O) groups excluding carboxylic acids is 1. The van der Waals surface area contributed by atoms with Crippen LogP contribution in [-0.2, 0) is 9.47 Å². The standard InChI is InChI=1S/C13H19BrF3NO3/c1-10(2,3)21-9(19)18-7-12(20-4,13(15,16)17)6-11(18)5-8(11)14/h8H,5-7H2,1-4H3. The van der Waals surface area contributed by atoms with Crippen molar-refractivity contribution >= 4 is 22.0 Å². The predicted molar refractivity (Wildman–Crippen MR) is 73.4 cm³/mol. The Morgan fingerprint density at radius 3 is 2.19 bits per heavy atom. The Balaban J connectivity index is 2.28. The van der Waals surface area contributed by atoms with Gasteiger partial charge >= 0.3 is 12.3 Å². The molecule has 1 saturated heterocycles. The largest absolute Gasteiger partial charge is 0.444 e. The van der Waals surface area contributed by atoms with Gasteiger partial charge in [-0.05, 0) is 27.2 Å². The smallest absolute Gasteiger partial charge is 0.419 e. The third-order valence-electron chi connectivity index (χ3n) is 4.02. The molecule has 0 N–H and O–H groups in total. The Kier molecular flexibility index (Phi) is 3.81. The van der Waals surface area contributed by atoms with E-state index >= 15 is 0 Å². The quantitative estimate of drug-likeness (QED) is 0.660. The van der Waals surface area contributed by atoms with E-state index in [0.717, 1.165) is 7.11 Å². The Morgan fingerprint density at radius 1 is 1.33 bits per heavy atom. The maximum absolute atomic E-state index is 13.4. The van der Waals surface area contributed by atoms with E-state index in [2.05, 4.69) is 15.9 Å². The molecule has 8 heteroatoms. The molecule has 1 saturated carbocycles. The number of amides is 1. The maximum Gasteiger partial charge on any atom is 0.419 e. The fourth-order valence-electron chi connectivity index (χ4n) is 2.78. The highest BCUT2D eigenvalue weighted by Gasteiger charge is 2.74. The summed E-state index contributed by atoms with van der Waals surface area (Å²) in [4.78, 5) is 13.3. The van der Waals surface area contributed by atoms with Crippen LogP contribution >= 0.6 is 15.9 Å². The number of hydrogen-bond donors (Lipinski definition) is 0. The summed E-state index contributed by atoms with van der Waals surface area (Å²) >= 11 is 3.33. The van der Waals surface area contributed by atoms with Crippen molar-refractivity contribution < 1.29 is 27.4 Å². The molecule has 0 bridgehead atoms. The van der Waals surface area contributed by atoms with Crippen LogP contribution in [-0.4, -0.2) is 52.4 Å². The van der Waals surface area contributed by atoms with Gasteiger partial charge in [0.25, 0.3) is 0 Å². The summed E-state index contributed by atoms with van der Waals surface area (Å²) in [5.74, 6) is 0. The lowest BCUT2D eigenvalue weighted by Gasteiger charge is -2.30. The SMILES string of the molecule is COC1(C(F)(F)F)CN(C(=O)OC(C)(C)C)C2(CC2Br)C1. The van der Waals surface area contributed by atoms with Crippen molar-refractivity contribution in [2.45, 2.75) is 61.4 Å². The van der Waals surface area contributed by atoms with Crippen molar-refractivity contribution in [3.63, 3.8) is 0 Å². The summed E-state index contributed by atoms with van der Waals surface area (Å²) < 4.78 is 50.2. The van der Waals surface area contributed by atoms with Gasteiger partial charge in [0.15, 0.2) is 5.60 Å². The minimum absolute atomic E-state index is 0.170. The van der Waals surface area contributed by atoms with Crippen molar-refractivity contribution in [3.05, 3.63) is 0 Å². The molecule has 0 aromatic carbocycles. The Hall–Kier alpha value is -0.500. The molecule has 0 aromatic heterocycles. The van der Waals surface area contributed by atoms with Gasteiger partial charge in [-0.3, -0.25) is 4.90 Å². The van der Waals surface area contributed by atoms with Crippen LogP contribution in [0.25, 0.3) is 0 Å². The lowest BCUT2D eigenvalue weighted by molar-refractivity contribution is -0.263. The molecule has 2 fully saturated rings. The molecule has 2 rings (SSSR count). The van der Waals surface area contributed by atoms with Gasteiger partial charge in [0.1, 0.15) is 5.60 Å². The highest BCUT2D eigenvalue weighted by molar-refractivity contribution is 9.09. The zero-order valence-corrected chi connectivity index (χ0v) is 14.0. The van der Waals surface area contributed by atoms with Crippen LogP contribution in [0.3, 0.4) is 0 Å². The number of nitrogens with zero attached hydrogens (tertiary/aromatic N) is 1. The van der Waals surface area contributed by atoms with Crippen LogP contribution in [0.2, 0.25) is 0 Å². The van der Waals surface area contributed by atoms with Gasteiger partial charge in [0, 0.05) is 18.4 Å². The highest BCUT2D eigenvalue weighted by Crippen LogP contribution is 2.60. The molecule has 3 atom stereocenters. The van der Waals surface area contributed by atoms with E-state index in [0.29, 0.717) is 6.42 Å². The number of methoxy groups -OCH3 is 1. The van der Waals surface area contributed by atoms with Gasteiger partial charge in [-0.2, -0.15) is 13.2 Å². The van der Waals surface area contributed by atoms with E-state index in [1.807, 2.05) is 0 Å². The summed E-state index contributed by atoms with van der Waals surface area (Å²) in [6.45, 7) is 4.50. The first-order valence-electron chi connectivity index (χ1n) is 6.63. The Labute approximate surface area is 130 Å². The van der Waals surface area contributed by atoms with Crippen molar-refractivity contribution in [1.82, 2.24) is 4.90 Å². The van der Waals surface area contributed by atoms with E-state index in [9.17, 15) is 18.0 Å². The van der Waals surface area contributed by atoms with Crippen LogP contribution in [0, 0.1) is 0 Å². The normalized spacial score (nSPS) is 36.2. The van der Waals surface area contributed by atoms with Crippen molar-refractivity contribution in [2.75, 3.05) is 13.7 Å². The highest BCUT2D eigenvalue weighted by atomic mass is 79.9. The second kappa shape index (κ2) is 4.75. The number of hydrogen-bond acceptors (Lipinski definition) is 3. The van der Waals surface area contributed by atoms with Gasteiger partial charge in [-0.15, -0.1) is 0 Å². The molecule has 2 aliphatic rings. The summed E-state index contributed by atoms with van der Waals surface area (Å²) in [5, 5.41) is 0. The summed E-state index contributed by atoms with van der Waals surface area (Å²) in [6.07, 6.45) is -5.07. The van der Waals surface area contributed by atoms with Gasteiger partial charge in [-0.25, -0.2) is 4.79 Å². The number of alkyl halides is 4. The molecule has 122 valence electrons. The molecule has 21 heavy (non-hydrogen) atoms. The van der Waals surface area contributed by atoms with Gasteiger partial charge in [0.05, 0.1) is 12.1 Å². The average molecular weight is 374 g/mol. The maximum atomic E-state index is 13.4. The first-order chi connectivity index (χ1) is 9.37. The molecule has 1 heterocycles. The van der Waals surface area contributed by atoms with Gasteiger partial charge in [-0.1, -0.05) is 15.9 Å². The molecule has 3 unspecified atom stereocenters. The number of likely N-dealkylation sites (tertiary alicyclic amines) is 1. The minimum atomic E-state index is -4.54.